The molecule has 0 amide bonds. The normalized spacial score (nSPS) is 15.1. The maximum Gasteiger partial charge on any atom is 0.316 e. The largest absolute Gasteiger partial charge is 0.464 e. The molecule has 0 aliphatic carbocycles. The molecular formula is C25H34N6O3. The molecule has 1 aromatic carbocycles. The average Bonchev–Trinajstić information content (AvgIpc) is 3.39. The van der Waals surface area contributed by atoms with Crippen molar-refractivity contribution >= 4 is 17.1 Å². The van der Waals surface area contributed by atoms with Gasteiger partial charge in [0.25, 0.3) is 0 Å². The molecule has 3 aromatic rings. The molecule has 1 N–H and O–H groups in total. The summed E-state index contributed by atoms with van der Waals surface area (Å²) in [4.78, 5) is 15.3. The van der Waals surface area contributed by atoms with Crippen LogP contribution in [0.5, 0.6) is 6.01 Å². The van der Waals surface area contributed by atoms with E-state index < -0.39 is 0 Å². The highest BCUT2D eigenvalue weighted by Gasteiger charge is 2.24. The van der Waals surface area contributed by atoms with Crippen molar-refractivity contribution in [2.24, 2.45) is 0 Å². The molecule has 0 bridgehead atoms. The zero-order valence-corrected chi connectivity index (χ0v) is 20.2. The Bertz CT molecular complexity index is 1010. The van der Waals surface area contributed by atoms with Crippen LogP contribution in [0, 0.1) is 0 Å². The third-order valence-corrected chi connectivity index (χ3v) is 6.28. The van der Waals surface area contributed by atoms with Gasteiger partial charge in [0.1, 0.15) is 0 Å². The second-order valence-corrected chi connectivity index (χ2v) is 8.36. The fraction of sp³-hybridized carbons (Fsp3) is 0.520. The van der Waals surface area contributed by atoms with E-state index >= 15 is 0 Å². The molecule has 4 rings (SSSR count). The number of anilines is 3. The Morgan fingerprint density at radius 3 is 2.56 bits per heavy atom. The lowest BCUT2D eigenvalue weighted by Gasteiger charge is -2.37. The SMILES string of the molecule is CCOc1ncc(Nc2cc(C(CC)Cc3ncno3)ccc2N(CC)C2CCOCC2)cn1. The van der Waals surface area contributed by atoms with E-state index in [9.17, 15) is 0 Å². The van der Waals surface area contributed by atoms with Gasteiger partial charge >= 0.3 is 6.01 Å². The molecule has 9 nitrogen and oxygen atoms in total. The van der Waals surface area contributed by atoms with Crippen molar-refractivity contribution in [3.63, 3.8) is 0 Å². The third-order valence-electron chi connectivity index (χ3n) is 6.28. The summed E-state index contributed by atoms with van der Waals surface area (Å²) < 4.78 is 16.3. The summed E-state index contributed by atoms with van der Waals surface area (Å²) in [5, 5.41) is 7.33. The van der Waals surface area contributed by atoms with Crippen LogP contribution in [0.4, 0.5) is 17.1 Å². The highest BCUT2D eigenvalue weighted by atomic mass is 16.5. The molecule has 1 unspecified atom stereocenters. The summed E-state index contributed by atoms with van der Waals surface area (Å²) in [6, 6.07) is 7.51. The number of ether oxygens (including phenoxy) is 2. The molecule has 2 aromatic heterocycles. The first-order valence-corrected chi connectivity index (χ1v) is 12.2. The number of hydrogen-bond donors (Lipinski definition) is 1. The van der Waals surface area contributed by atoms with Crippen molar-refractivity contribution in [2.45, 2.75) is 58.4 Å². The number of nitrogens with one attached hydrogen (secondary N) is 1. The first-order chi connectivity index (χ1) is 16.7. The van der Waals surface area contributed by atoms with Gasteiger partial charge in [0, 0.05) is 32.2 Å². The summed E-state index contributed by atoms with van der Waals surface area (Å²) >= 11 is 0. The van der Waals surface area contributed by atoms with Crippen LogP contribution in [-0.2, 0) is 11.2 Å². The molecule has 182 valence electrons. The van der Waals surface area contributed by atoms with E-state index in [4.69, 9.17) is 14.0 Å². The minimum absolute atomic E-state index is 0.268. The Balaban J connectivity index is 1.66. The first kappa shape index (κ1) is 23.9. The molecule has 1 saturated heterocycles. The second kappa shape index (κ2) is 11.8. The van der Waals surface area contributed by atoms with Gasteiger partial charge in [-0.05, 0) is 56.7 Å². The maximum atomic E-state index is 5.61. The lowest BCUT2D eigenvalue weighted by molar-refractivity contribution is 0.0846. The molecule has 1 aliphatic heterocycles. The Hall–Kier alpha value is -3.20. The number of aromatic nitrogens is 4. The Morgan fingerprint density at radius 2 is 1.91 bits per heavy atom. The van der Waals surface area contributed by atoms with E-state index in [-0.39, 0.29) is 5.92 Å². The lowest BCUT2D eigenvalue weighted by atomic mass is 9.92. The van der Waals surface area contributed by atoms with Crippen LogP contribution < -0.4 is 15.0 Å². The highest BCUT2D eigenvalue weighted by molar-refractivity contribution is 5.76. The van der Waals surface area contributed by atoms with Gasteiger partial charge in [0.05, 0.1) is 36.1 Å². The van der Waals surface area contributed by atoms with E-state index in [2.05, 4.69) is 62.4 Å². The van der Waals surface area contributed by atoms with Crippen LogP contribution in [0.25, 0.3) is 0 Å². The molecule has 1 fully saturated rings. The van der Waals surface area contributed by atoms with Gasteiger partial charge in [-0.25, -0.2) is 9.97 Å². The van der Waals surface area contributed by atoms with Crippen LogP contribution in [0.3, 0.4) is 0 Å². The van der Waals surface area contributed by atoms with Gasteiger partial charge in [0.15, 0.2) is 6.33 Å². The Kier molecular flexibility index (Phi) is 8.30. The molecule has 0 saturated carbocycles. The van der Waals surface area contributed by atoms with Gasteiger partial charge in [-0.15, -0.1) is 0 Å². The maximum absolute atomic E-state index is 5.61. The van der Waals surface area contributed by atoms with Crippen molar-refractivity contribution in [2.75, 3.05) is 36.6 Å². The zero-order valence-electron chi connectivity index (χ0n) is 20.2. The molecule has 0 radical (unpaired) electrons. The topological polar surface area (TPSA) is 98.4 Å². The number of hydrogen-bond acceptors (Lipinski definition) is 9. The minimum Gasteiger partial charge on any atom is -0.464 e. The Morgan fingerprint density at radius 1 is 1.12 bits per heavy atom. The Labute approximate surface area is 200 Å². The summed E-state index contributed by atoms with van der Waals surface area (Å²) in [5.74, 6) is 0.924. The quantitative estimate of drug-likeness (QED) is 0.429. The fourth-order valence-corrected chi connectivity index (χ4v) is 4.51. The van der Waals surface area contributed by atoms with Gasteiger partial charge in [-0.3, -0.25) is 0 Å². The van der Waals surface area contributed by atoms with Crippen LogP contribution >= 0.6 is 0 Å². The number of rotatable bonds is 11. The summed E-state index contributed by atoms with van der Waals surface area (Å²) in [7, 11) is 0. The van der Waals surface area contributed by atoms with E-state index in [1.165, 1.54) is 17.6 Å². The summed E-state index contributed by atoms with van der Waals surface area (Å²) in [6.07, 6.45) is 8.69. The zero-order chi connectivity index (χ0) is 23.8. The van der Waals surface area contributed by atoms with E-state index in [0.29, 0.717) is 31.0 Å². The minimum atomic E-state index is 0.268. The third kappa shape index (κ3) is 5.83. The molecule has 3 heterocycles. The van der Waals surface area contributed by atoms with E-state index in [0.717, 1.165) is 50.4 Å². The second-order valence-electron chi connectivity index (χ2n) is 8.36. The smallest absolute Gasteiger partial charge is 0.316 e. The number of benzene rings is 1. The van der Waals surface area contributed by atoms with Gasteiger partial charge in [-0.2, -0.15) is 4.98 Å². The molecule has 9 heteroatoms. The predicted octanol–water partition coefficient (Wildman–Crippen LogP) is 4.74. The first-order valence-electron chi connectivity index (χ1n) is 12.2. The molecule has 34 heavy (non-hydrogen) atoms. The van der Waals surface area contributed by atoms with E-state index in [1.807, 2.05) is 6.92 Å². The fourth-order valence-electron chi connectivity index (χ4n) is 4.51. The molecular weight excluding hydrogens is 432 g/mol. The van der Waals surface area contributed by atoms with Crippen LogP contribution in [0.15, 0.2) is 41.4 Å². The predicted molar refractivity (Wildman–Crippen MR) is 131 cm³/mol. The number of nitrogens with zero attached hydrogens (tertiary/aromatic N) is 5. The summed E-state index contributed by atoms with van der Waals surface area (Å²) in [5.41, 5.74) is 4.24. The molecule has 1 aliphatic rings. The highest BCUT2D eigenvalue weighted by Crippen LogP contribution is 2.36. The summed E-state index contributed by atoms with van der Waals surface area (Å²) in [6.45, 7) is 9.36. The van der Waals surface area contributed by atoms with Crippen molar-refractivity contribution < 1.29 is 14.0 Å². The standard InChI is InChI=1S/C25H34N6O3/c1-4-18(14-24-28-17-29-34-24)19-7-8-23(31(5-2)21-9-11-32-12-10-21)22(13-19)30-20-15-26-25(27-16-20)33-6-3/h7-8,13,15-18,21,30H,4-6,9-12,14H2,1-3H3. The van der Waals surface area contributed by atoms with Crippen LogP contribution in [0.1, 0.15) is 57.4 Å². The van der Waals surface area contributed by atoms with Crippen LogP contribution in [0.2, 0.25) is 0 Å². The molecule has 0 spiro atoms. The average molecular weight is 467 g/mol. The van der Waals surface area contributed by atoms with Gasteiger partial charge in [0.2, 0.25) is 5.89 Å². The van der Waals surface area contributed by atoms with E-state index in [1.54, 1.807) is 12.4 Å². The van der Waals surface area contributed by atoms with Crippen LogP contribution in [-0.4, -0.2) is 52.5 Å². The van der Waals surface area contributed by atoms with Crippen molar-refractivity contribution in [1.82, 2.24) is 20.1 Å². The monoisotopic (exact) mass is 466 g/mol. The molecule has 1 atom stereocenters. The van der Waals surface area contributed by atoms with Gasteiger partial charge in [-0.1, -0.05) is 18.1 Å². The lowest BCUT2D eigenvalue weighted by Crippen LogP contribution is -2.39. The van der Waals surface area contributed by atoms with Crippen molar-refractivity contribution in [3.05, 3.63) is 48.4 Å². The van der Waals surface area contributed by atoms with Crippen molar-refractivity contribution in [1.29, 1.82) is 0 Å². The van der Waals surface area contributed by atoms with Crippen molar-refractivity contribution in [3.8, 4) is 6.01 Å². The van der Waals surface area contributed by atoms with Gasteiger partial charge < -0.3 is 24.2 Å².